The second kappa shape index (κ2) is 5.75. The Morgan fingerprint density at radius 2 is 2.14 bits per heavy atom. The van der Waals surface area contributed by atoms with Gasteiger partial charge in [-0.25, -0.2) is 0 Å². The van der Waals surface area contributed by atoms with Crippen LogP contribution in [0.2, 0.25) is 0 Å². The molecule has 0 heterocycles. The molecule has 2 nitrogen and oxygen atoms in total. The van der Waals surface area contributed by atoms with Crippen molar-refractivity contribution in [2.24, 2.45) is 5.73 Å². The minimum Gasteiger partial charge on any atom is -0.405 e. The van der Waals surface area contributed by atoms with Gasteiger partial charge in [-0.2, -0.15) is 0 Å². The van der Waals surface area contributed by atoms with E-state index >= 15 is 0 Å². The van der Waals surface area contributed by atoms with Crippen LogP contribution in [0.4, 0.5) is 0 Å². The molecule has 1 rings (SSSR count). The second-order valence-electron chi connectivity index (χ2n) is 2.89. The predicted molar refractivity (Wildman–Crippen MR) is 61.2 cm³/mol. The Labute approximate surface area is 84.3 Å². The molecule has 72 valence electrons. The Hall–Kier alpha value is -1.83. The molecule has 0 saturated carbocycles. The number of hydrogen-bond acceptors (Lipinski definition) is 2. The summed E-state index contributed by atoms with van der Waals surface area (Å²) in [7, 11) is 0. The summed E-state index contributed by atoms with van der Waals surface area (Å²) in [6.45, 7) is 0. The van der Waals surface area contributed by atoms with Crippen LogP contribution in [0.15, 0.2) is 59.9 Å². The average molecular weight is 186 g/mol. The second-order valence-corrected chi connectivity index (χ2v) is 2.89. The zero-order chi connectivity index (χ0) is 10.2. The van der Waals surface area contributed by atoms with E-state index in [1.807, 2.05) is 24.3 Å². The summed E-state index contributed by atoms with van der Waals surface area (Å²) >= 11 is 0. The molecular weight excluding hydrogens is 172 g/mol. The molecule has 3 N–H and O–H groups in total. The van der Waals surface area contributed by atoms with Crippen molar-refractivity contribution < 1.29 is 0 Å². The Balaban J connectivity index is 2.61. The average Bonchev–Trinajstić information content (AvgIpc) is 2.25. The maximum atomic E-state index is 6.85. The zero-order valence-corrected chi connectivity index (χ0v) is 7.98. The van der Waals surface area contributed by atoms with Crippen molar-refractivity contribution in [1.29, 1.82) is 5.41 Å². The predicted octanol–water partition coefficient (Wildman–Crippen LogP) is 2.48. The van der Waals surface area contributed by atoms with Gasteiger partial charge in [-0.05, 0) is 35.9 Å². The summed E-state index contributed by atoms with van der Waals surface area (Å²) in [5.41, 5.74) is 7.61. The van der Waals surface area contributed by atoms with Gasteiger partial charge in [-0.1, -0.05) is 30.4 Å². The van der Waals surface area contributed by atoms with Crippen LogP contribution in [0.3, 0.4) is 0 Å². The maximum Gasteiger partial charge on any atom is 0.0177 e. The molecule has 0 saturated heterocycles. The molecule has 2 heteroatoms. The van der Waals surface area contributed by atoms with Crippen LogP contribution in [-0.2, 0) is 0 Å². The van der Waals surface area contributed by atoms with Crippen molar-refractivity contribution >= 4 is 6.21 Å². The van der Waals surface area contributed by atoms with Gasteiger partial charge in [0.15, 0.2) is 0 Å². The molecule has 1 aliphatic carbocycles. The molecule has 0 aliphatic heterocycles. The highest BCUT2D eigenvalue weighted by Crippen LogP contribution is 2.16. The van der Waals surface area contributed by atoms with E-state index in [4.69, 9.17) is 11.1 Å². The fourth-order valence-corrected chi connectivity index (χ4v) is 1.16. The number of nitrogens with one attached hydrogen (secondary N) is 1. The lowest BCUT2D eigenvalue weighted by atomic mass is 10.0. The van der Waals surface area contributed by atoms with Crippen molar-refractivity contribution in [3.8, 4) is 0 Å². The van der Waals surface area contributed by atoms with E-state index in [1.54, 1.807) is 6.08 Å². The van der Waals surface area contributed by atoms with Crippen molar-refractivity contribution in [2.45, 2.75) is 6.42 Å². The van der Waals surface area contributed by atoms with Crippen molar-refractivity contribution in [1.82, 2.24) is 0 Å². The maximum absolute atomic E-state index is 6.85. The van der Waals surface area contributed by atoms with Gasteiger partial charge in [0.05, 0.1) is 0 Å². The first kappa shape index (κ1) is 10.3. The molecule has 0 radical (unpaired) electrons. The van der Waals surface area contributed by atoms with Gasteiger partial charge >= 0.3 is 0 Å². The topological polar surface area (TPSA) is 49.9 Å². The summed E-state index contributed by atoms with van der Waals surface area (Å²) in [6, 6.07) is 0. The van der Waals surface area contributed by atoms with Crippen molar-refractivity contribution in [2.75, 3.05) is 0 Å². The molecule has 14 heavy (non-hydrogen) atoms. The van der Waals surface area contributed by atoms with Crippen LogP contribution >= 0.6 is 0 Å². The molecule has 0 aromatic carbocycles. The molecule has 0 spiro atoms. The molecule has 0 atom stereocenters. The summed E-state index contributed by atoms with van der Waals surface area (Å²) < 4.78 is 0. The van der Waals surface area contributed by atoms with E-state index in [0.717, 1.165) is 12.0 Å². The fourth-order valence-electron chi connectivity index (χ4n) is 1.16. The first-order valence-corrected chi connectivity index (χ1v) is 4.49. The molecule has 0 aromatic rings. The minimum absolute atomic E-state index is 0.915. The number of rotatable bonds is 3. The number of nitrogens with two attached hydrogens (primary N) is 1. The smallest absolute Gasteiger partial charge is 0.0177 e. The van der Waals surface area contributed by atoms with Gasteiger partial charge < -0.3 is 11.1 Å². The van der Waals surface area contributed by atoms with Gasteiger partial charge in [0, 0.05) is 6.21 Å². The van der Waals surface area contributed by atoms with E-state index in [2.05, 4.69) is 12.2 Å². The van der Waals surface area contributed by atoms with Crippen LogP contribution in [-0.4, -0.2) is 6.21 Å². The van der Waals surface area contributed by atoms with Crippen molar-refractivity contribution in [3.05, 3.63) is 59.9 Å². The molecule has 0 bridgehead atoms. The standard InChI is InChI=1S/C12H14N2/c13-9-1-3-11-5-7-12(8-6-11)4-2-10-14/h1-7,9-10,13H,8,14H2/b3-1-,10-2-,12-4-,13-9?. The van der Waals surface area contributed by atoms with E-state index in [9.17, 15) is 0 Å². The van der Waals surface area contributed by atoms with Gasteiger partial charge in [0.25, 0.3) is 0 Å². The Bertz CT molecular complexity index is 341. The van der Waals surface area contributed by atoms with Gasteiger partial charge in [0.1, 0.15) is 0 Å². The van der Waals surface area contributed by atoms with E-state index in [0.29, 0.717) is 0 Å². The van der Waals surface area contributed by atoms with E-state index in [1.165, 1.54) is 18.0 Å². The van der Waals surface area contributed by atoms with E-state index < -0.39 is 0 Å². The Kier molecular flexibility index (Phi) is 4.21. The first-order valence-electron chi connectivity index (χ1n) is 4.49. The third-order valence-corrected chi connectivity index (χ3v) is 1.87. The normalized spacial score (nSPS) is 19.4. The zero-order valence-electron chi connectivity index (χ0n) is 7.98. The van der Waals surface area contributed by atoms with Crippen LogP contribution < -0.4 is 5.73 Å². The van der Waals surface area contributed by atoms with Crippen LogP contribution in [0, 0.1) is 5.41 Å². The summed E-state index contributed by atoms with van der Waals surface area (Å²) in [5, 5.41) is 6.85. The summed E-state index contributed by atoms with van der Waals surface area (Å²) in [5.74, 6) is 0. The quantitative estimate of drug-likeness (QED) is 0.653. The number of allylic oxidation sites excluding steroid dienone is 9. The minimum atomic E-state index is 0.915. The van der Waals surface area contributed by atoms with Crippen LogP contribution in [0.25, 0.3) is 0 Å². The fraction of sp³-hybridized carbons (Fsp3) is 0.0833. The molecule has 0 fully saturated rings. The third kappa shape index (κ3) is 3.27. The number of hydrogen-bond donors (Lipinski definition) is 2. The van der Waals surface area contributed by atoms with Crippen LogP contribution in [0.5, 0.6) is 0 Å². The van der Waals surface area contributed by atoms with Crippen molar-refractivity contribution in [3.63, 3.8) is 0 Å². The summed E-state index contributed by atoms with van der Waals surface area (Å²) in [4.78, 5) is 0. The Morgan fingerprint density at radius 3 is 2.71 bits per heavy atom. The van der Waals surface area contributed by atoms with Crippen LogP contribution in [0.1, 0.15) is 6.42 Å². The lowest BCUT2D eigenvalue weighted by Crippen LogP contribution is -1.85. The molecule has 0 unspecified atom stereocenters. The van der Waals surface area contributed by atoms with Gasteiger partial charge in [-0.3, -0.25) is 0 Å². The highest BCUT2D eigenvalue weighted by molar-refractivity contribution is 5.69. The monoisotopic (exact) mass is 186 g/mol. The highest BCUT2D eigenvalue weighted by atomic mass is 14.5. The first-order chi connectivity index (χ1) is 6.86. The largest absolute Gasteiger partial charge is 0.405 e. The Morgan fingerprint density at radius 1 is 1.29 bits per heavy atom. The van der Waals surface area contributed by atoms with Gasteiger partial charge in [-0.15, -0.1) is 0 Å². The molecule has 1 aliphatic rings. The van der Waals surface area contributed by atoms with Gasteiger partial charge in [0.2, 0.25) is 0 Å². The molecule has 0 aromatic heterocycles. The SMILES string of the molecule is N=C/C=C\C1=CC/C(=C\C=C/N)C=C1. The third-order valence-electron chi connectivity index (χ3n) is 1.87. The molecule has 0 amide bonds. The lowest BCUT2D eigenvalue weighted by Gasteiger charge is -2.04. The highest BCUT2D eigenvalue weighted by Gasteiger charge is 1.96. The van der Waals surface area contributed by atoms with E-state index in [-0.39, 0.29) is 0 Å². The summed E-state index contributed by atoms with van der Waals surface area (Å²) in [6.07, 6.45) is 17.4. The molecular formula is C12H14N2. The lowest BCUT2D eigenvalue weighted by molar-refractivity contribution is 1.24.